The highest BCUT2D eigenvalue weighted by atomic mass is 35.5. The van der Waals surface area contributed by atoms with E-state index in [1.54, 1.807) is 23.9 Å². The van der Waals surface area contributed by atoms with Crippen molar-refractivity contribution >= 4 is 39.8 Å². The van der Waals surface area contributed by atoms with Crippen LogP contribution in [0.3, 0.4) is 0 Å². The van der Waals surface area contributed by atoms with Gasteiger partial charge < -0.3 is 19.6 Å². The second kappa shape index (κ2) is 12.0. The molecule has 0 aliphatic heterocycles. The van der Waals surface area contributed by atoms with E-state index in [4.69, 9.17) is 16.3 Å². The van der Waals surface area contributed by atoms with Gasteiger partial charge in [0.2, 0.25) is 0 Å². The van der Waals surface area contributed by atoms with E-state index in [0.717, 1.165) is 34.4 Å². The zero-order valence-corrected chi connectivity index (χ0v) is 24.7. The lowest BCUT2D eigenvalue weighted by molar-refractivity contribution is 0.0541. The van der Waals surface area contributed by atoms with E-state index in [1.165, 1.54) is 16.2 Å². The number of carbonyl (C=O) groups excluding carboxylic acids is 1. The van der Waals surface area contributed by atoms with Gasteiger partial charge in [0.25, 0.3) is 5.56 Å². The van der Waals surface area contributed by atoms with Gasteiger partial charge in [0, 0.05) is 61.6 Å². The first-order chi connectivity index (χ1) is 19.4. The molecule has 0 unspecified atom stereocenters. The number of pyridine rings is 1. The molecule has 4 aromatic heterocycles. The number of aromatic amines is 1. The molecule has 0 atom stereocenters. The Kier molecular flexibility index (Phi) is 8.67. The van der Waals surface area contributed by atoms with Gasteiger partial charge in [-0.1, -0.05) is 23.7 Å². The summed E-state index contributed by atoms with van der Waals surface area (Å²) in [7, 11) is 4.99. The van der Waals surface area contributed by atoms with E-state index in [0.29, 0.717) is 22.6 Å². The van der Waals surface area contributed by atoms with Gasteiger partial charge in [0.05, 0.1) is 6.54 Å². The maximum Gasteiger partial charge on any atom is 0.407 e. The molecule has 1 aromatic carbocycles. The number of hydrogen-bond acceptors (Lipinski definition) is 6. The van der Waals surface area contributed by atoms with Crippen molar-refractivity contribution in [3.05, 3.63) is 91.7 Å². The van der Waals surface area contributed by atoms with Crippen LogP contribution < -0.4 is 16.6 Å². The largest absolute Gasteiger partial charge is 0.444 e. The molecule has 0 saturated heterocycles. The minimum absolute atomic E-state index is 0.114. The van der Waals surface area contributed by atoms with Crippen molar-refractivity contribution < 1.29 is 9.53 Å². The monoisotopic (exact) mass is 579 g/mol. The zero-order chi connectivity index (χ0) is 29.9. The fourth-order valence-electron chi connectivity index (χ4n) is 4.41. The normalized spacial score (nSPS) is 11.4. The molecule has 216 valence electrons. The summed E-state index contributed by atoms with van der Waals surface area (Å²) in [6, 6.07) is 11.3. The number of aryl methyl sites for hydroxylation is 4. The van der Waals surface area contributed by atoms with E-state index in [9.17, 15) is 14.4 Å². The summed E-state index contributed by atoms with van der Waals surface area (Å²) in [5.74, 6) is 0.742. The van der Waals surface area contributed by atoms with Gasteiger partial charge in [-0.3, -0.25) is 18.9 Å². The molecule has 12 heteroatoms. The van der Waals surface area contributed by atoms with Crippen molar-refractivity contribution in [2.24, 2.45) is 14.1 Å². The number of benzene rings is 1. The third-order valence-corrected chi connectivity index (χ3v) is 6.74. The Bertz CT molecular complexity index is 1810. The van der Waals surface area contributed by atoms with Crippen LogP contribution in [-0.2, 0) is 38.2 Å². The predicted molar refractivity (Wildman–Crippen MR) is 160 cm³/mol. The van der Waals surface area contributed by atoms with Crippen LogP contribution in [0, 0.1) is 0 Å². The van der Waals surface area contributed by atoms with Gasteiger partial charge >= 0.3 is 11.8 Å². The Hall–Kier alpha value is -4.38. The van der Waals surface area contributed by atoms with Crippen LogP contribution in [0.2, 0.25) is 5.02 Å². The number of imidazole rings is 1. The SMILES string of the molecule is CNC(=O)OC(C)(C)C.Cn1c(CCc2cccnc2)nc2c1c(=O)n(Cc1cc3c(Cl)cccc3[nH]1)c(=O)n2C. The molecule has 0 saturated carbocycles. The molecule has 2 N–H and O–H groups in total. The average Bonchev–Trinajstić information content (AvgIpc) is 3.50. The number of hydrogen-bond donors (Lipinski definition) is 2. The first-order valence-electron chi connectivity index (χ1n) is 13.1. The summed E-state index contributed by atoms with van der Waals surface area (Å²) in [5.41, 5.74) is 2.30. The minimum atomic E-state index is -0.413. The van der Waals surface area contributed by atoms with Crippen LogP contribution in [0.5, 0.6) is 0 Å². The Balaban J connectivity index is 0.000000374. The minimum Gasteiger partial charge on any atom is -0.444 e. The maximum absolute atomic E-state index is 13.3. The Morgan fingerprint density at radius 1 is 1.10 bits per heavy atom. The van der Waals surface area contributed by atoms with Crippen LogP contribution in [0.25, 0.3) is 22.1 Å². The van der Waals surface area contributed by atoms with E-state index in [-0.39, 0.29) is 23.8 Å². The molecular weight excluding hydrogens is 546 g/mol. The van der Waals surface area contributed by atoms with Crippen molar-refractivity contribution in [3.63, 3.8) is 0 Å². The van der Waals surface area contributed by atoms with Crippen molar-refractivity contribution in [1.29, 1.82) is 0 Å². The number of amides is 1. The lowest BCUT2D eigenvalue weighted by atomic mass is 10.1. The molecule has 0 bridgehead atoms. The maximum atomic E-state index is 13.3. The molecule has 0 radical (unpaired) electrons. The molecule has 0 spiro atoms. The first-order valence-corrected chi connectivity index (χ1v) is 13.5. The second-order valence-corrected chi connectivity index (χ2v) is 11.0. The van der Waals surface area contributed by atoms with Crippen molar-refractivity contribution in [1.82, 2.24) is 34.0 Å². The Morgan fingerprint density at radius 2 is 1.85 bits per heavy atom. The van der Waals surface area contributed by atoms with Crippen molar-refractivity contribution in [2.75, 3.05) is 7.05 Å². The van der Waals surface area contributed by atoms with Crippen LogP contribution in [0.15, 0.2) is 58.4 Å². The lowest BCUT2D eigenvalue weighted by Crippen LogP contribution is -2.39. The molecule has 41 heavy (non-hydrogen) atoms. The molecule has 0 aliphatic rings. The molecule has 5 rings (SSSR count). The quantitative estimate of drug-likeness (QED) is 0.324. The molecule has 0 fully saturated rings. The van der Waals surface area contributed by atoms with E-state index in [1.807, 2.05) is 64.3 Å². The highest BCUT2D eigenvalue weighted by Crippen LogP contribution is 2.24. The molecular formula is C29H34ClN7O4. The summed E-state index contributed by atoms with van der Waals surface area (Å²) in [5, 5.41) is 3.83. The number of H-pyrrole nitrogens is 1. The van der Waals surface area contributed by atoms with Crippen LogP contribution in [0.1, 0.15) is 37.9 Å². The third-order valence-electron chi connectivity index (χ3n) is 6.41. The lowest BCUT2D eigenvalue weighted by Gasteiger charge is -2.18. The number of aromatic nitrogens is 6. The topological polar surface area (TPSA) is 129 Å². The van der Waals surface area contributed by atoms with E-state index < -0.39 is 5.69 Å². The fourth-order valence-corrected chi connectivity index (χ4v) is 4.64. The number of ether oxygens (including phenoxy) is 1. The summed E-state index contributed by atoms with van der Waals surface area (Å²) in [6.07, 6.45) is 4.53. The van der Waals surface area contributed by atoms with E-state index >= 15 is 0 Å². The Morgan fingerprint density at radius 3 is 2.46 bits per heavy atom. The predicted octanol–water partition coefficient (Wildman–Crippen LogP) is 3.94. The standard InChI is InChI=1S/C23H21ClN6O2.C6H13NO2/c1-28-19(9-8-14-5-4-10-25-12-14)27-21-20(28)22(31)30(23(32)29(21)2)13-15-11-16-17(24)6-3-7-18(16)26-15;1-6(2,3)9-5(8)7-4/h3-7,10-12,26H,8-9,13H2,1-2H3;1-4H3,(H,7,8). The summed E-state index contributed by atoms with van der Waals surface area (Å²) in [4.78, 5) is 48.8. The van der Waals surface area contributed by atoms with Gasteiger partial charge in [-0.05, 0) is 57.0 Å². The Labute approximate surface area is 241 Å². The molecule has 0 aliphatic carbocycles. The summed E-state index contributed by atoms with van der Waals surface area (Å²) in [6.45, 7) is 5.58. The highest BCUT2D eigenvalue weighted by Gasteiger charge is 2.19. The number of rotatable bonds is 5. The molecule has 5 aromatic rings. The number of nitrogens with one attached hydrogen (secondary N) is 2. The van der Waals surface area contributed by atoms with Crippen LogP contribution >= 0.6 is 11.6 Å². The highest BCUT2D eigenvalue weighted by molar-refractivity contribution is 6.35. The number of carbonyl (C=O) groups is 1. The van der Waals surface area contributed by atoms with Gasteiger partial charge in [-0.25, -0.2) is 14.6 Å². The van der Waals surface area contributed by atoms with Crippen LogP contribution in [0.4, 0.5) is 4.79 Å². The number of alkyl carbamates (subject to hydrolysis) is 1. The van der Waals surface area contributed by atoms with Gasteiger partial charge in [-0.2, -0.15) is 0 Å². The molecule has 4 heterocycles. The smallest absolute Gasteiger partial charge is 0.407 e. The average molecular weight is 580 g/mol. The van der Waals surface area contributed by atoms with E-state index in [2.05, 4.69) is 20.3 Å². The van der Waals surface area contributed by atoms with Gasteiger partial charge in [-0.15, -0.1) is 0 Å². The van der Waals surface area contributed by atoms with Crippen molar-refractivity contribution in [2.45, 2.75) is 45.8 Å². The summed E-state index contributed by atoms with van der Waals surface area (Å²) < 4.78 is 9.28. The second-order valence-electron chi connectivity index (χ2n) is 10.6. The molecule has 1 amide bonds. The number of fused-ring (bicyclic) bond motifs is 2. The van der Waals surface area contributed by atoms with Crippen LogP contribution in [-0.4, -0.2) is 47.4 Å². The summed E-state index contributed by atoms with van der Waals surface area (Å²) >= 11 is 6.27. The number of halogens is 1. The third kappa shape index (κ3) is 6.68. The molecule has 11 nitrogen and oxygen atoms in total. The zero-order valence-electron chi connectivity index (χ0n) is 24.0. The van der Waals surface area contributed by atoms with Gasteiger partial charge in [0.15, 0.2) is 11.2 Å². The first kappa shape index (κ1) is 29.6. The number of nitrogens with zero attached hydrogens (tertiary/aromatic N) is 5. The van der Waals surface area contributed by atoms with Gasteiger partial charge in [0.1, 0.15) is 11.4 Å². The fraction of sp³-hybridized carbons (Fsp3) is 0.345. The van der Waals surface area contributed by atoms with Crippen molar-refractivity contribution in [3.8, 4) is 0 Å².